The Hall–Kier alpha value is -3.65. The van der Waals surface area contributed by atoms with Crippen LogP contribution in [0.5, 0.6) is 0 Å². The molecule has 4 N–H and O–H groups in total. The smallest absolute Gasteiger partial charge is 0.328 e. The lowest BCUT2D eigenvalue weighted by Crippen LogP contribution is -2.33. The average molecular weight is 452 g/mol. The highest BCUT2D eigenvalue weighted by molar-refractivity contribution is 5.89. The molecule has 1 saturated heterocycles. The number of benzene rings is 2. The maximum Gasteiger partial charge on any atom is 0.328 e. The second kappa shape index (κ2) is 11.8. The van der Waals surface area contributed by atoms with E-state index in [-0.39, 0.29) is 0 Å². The SMILES string of the molecule is Nc1ccc2c(CCC3CCN(Cc4ccccc4)CC3)noc2c1.O=C(O)/C=C\C(=O)O. The molecular formula is C25H29N3O5. The lowest BCUT2D eigenvalue weighted by molar-refractivity contribution is -0.134. The van der Waals surface area contributed by atoms with E-state index in [0.717, 1.165) is 41.2 Å². The third-order valence-electron chi connectivity index (χ3n) is 5.68. The van der Waals surface area contributed by atoms with Gasteiger partial charge >= 0.3 is 11.9 Å². The van der Waals surface area contributed by atoms with Gasteiger partial charge < -0.3 is 20.5 Å². The van der Waals surface area contributed by atoms with Gasteiger partial charge in [0.25, 0.3) is 0 Å². The number of carboxylic acid groups (broad SMARTS) is 2. The predicted octanol–water partition coefficient (Wildman–Crippen LogP) is 3.97. The van der Waals surface area contributed by atoms with Crippen LogP contribution < -0.4 is 5.73 Å². The first kappa shape index (κ1) is 24.0. The van der Waals surface area contributed by atoms with E-state index in [2.05, 4.69) is 40.4 Å². The van der Waals surface area contributed by atoms with Crippen LogP contribution in [-0.2, 0) is 22.6 Å². The molecule has 3 aromatic rings. The number of hydrogen-bond acceptors (Lipinski definition) is 6. The van der Waals surface area contributed by atoms with Gasteiger partial charge in [-0.05, 0) is 62.4 Å². The Morgan fingerprint density at radius 1 is 1.06 bits per heavy atom. The van der Waals surface area contributed by atoms with Crippen LogP contribution in [0.25, 0.3) is 11.0 Å². The molecule has 0 atom stereocenters. The van der Waals surface area contributed by atoms with Crippen molar-refractivity contribution in [3.8, 4) is 0 Å². The van der Waals surface area contributed by atoms with E-state index in [1.54, 1.807) is 0 Å². The van der Waals surface area contributed by atoms with E-state index >= 15 is 0 Å². The molecule has 174 valence electrons. The number of piperidine rings is 1. The van der Waals surface area contributed by atoms with Crippen molar-refractivity contribution in [2.75, 3.05) is 18.8 Å². The number of nitrogens with two attached hydrogens (primary N) is 1. The van der Waals surface area contributed by atoms with Crippen LogP contribution in [-0.4, -0.2) is 45.3 Å². The molecule has 0 radical (unpaired) electrons. The van der Waals surface area contributed by atoms with Crippen molar-refractivity contribution in [2.24, 2.45) is 5.92 Å². The first-order valence-corrected chi connectivity index (χ1v) is 10.9. The van der Waals surface area contributed by atoms with Gasteiger partial charge in [-0.15, -0.1) is 0 Å². The quantitative estimate of drug-likeness (QED) is 0.363. The van der Waals surface area contributed by atoms with Gasteiger partial charge in [0.05, 0.1) is 5.69 Å². The number of aromatic nitrogens is 1. The molecule has 2 aromatic carbocycles. The topological polar surface area (TPSA) is 130 Å². The molecule has 2 heterocycles. The molecule has 0 aliphatic carbocycles. The summed E-state index contributed by atoms with van der Waals surface area (Å²) < 4.78 is 5.41. The van der Waals surface area contributed by atoms with Gasteiger partial charge in [-0.25, -0.2) is 9.59 Å². The molecule has 1 aliphatic rings. The van der Waals surface area contributed by atoms with Crippen molar-refractivity contribution in [2.45, 2.75) is 32.2 Å². The zero-order chi connectivity index (χ0) is 23.6. The molecule has 0 saturated carbocycles. The molecule has 0 bridgehead atoms. The van der Waals surface area contributed by atoms with Gasteiger partial charge in [-0.1, -0.05) is 35.5 Å². The summed E-state index contributed by atoms with van der Waals surface area (Å²) in [5.41, 5.74) is 9.80. The van der Waals surface area contributed by atoms with Crippen molar-refractivity contribution in [1.29, 1.82) is 0 Å². The molecule has 33 heavy (non-hydrogen) atoms. The van der Waals surface area contributed by atoms with Crippen LogP contribution in [0.1, 0.15) is 30.5 Å². The Kier molecular flexibility index (Phi) is 8.60. The van der Waals surface area contributed by atoms with Crippen LogP contribution >= 0.6 is 0 Å². The molecule has 1 fully saturated rings. The van der Waals surface area contributed by atoms with E-state index < -0.39 is 11.9 Å². The number of aryl methyl sites for hydroxylation is 1. The molecule has 1 aliphatic heterocycles. The van der Waals surface area contributed by atoms with Gasteiger partial charge in [-0.2, -0.15) is 0 Å². The lowest BCUT2D eigenvalue weighted by Gasteiger charge is -2.31. The summed E-state index contributed by atoms with van der Waals surface area (Å²) in [5, 5.41) is 21.0. The van der Waals surface area contributed by atoms with Crippen molar-refractivity contribution >= 4 is 28.6 Å². The average Bonchev–Trinajstić information content (AvgIpc) is 3.20. The molecule has 1 aromatic heterocycles. The van der Waals surface area contributed by atoms with E-state index in [1.165, 1.54) is 37.9 Å². The summed E-state index contributed by atoms with van der Waals surface area (Å²) in [6.07, 6.45) is 5.83. The van der Waals surface area contributed by atoms with Crippen molar-refractivity contribution < 1.29 is 24.3 Å². The number of likely N-dealkylation sites (tertiary alicyclic amines) is 1. The number of carboxylic acids is 2. The summed E-state index contributed by atoms with van der Waals surface area (Å²) in [4.78, 5) is 21.7. The number of nitrogens with zero attached hydrogens (tertiary/aromatic N) is 2. The number of carbonyl (C=O) groups is 2. The maximum absolute atomic E-state index is 9.55. The summed E-state index contributed by atoms with van der Waals surface area (Å²) >= 11 is 0. The van der Waals surface area contributed by atoms with E-state index in [0.29, 0.717) is 12.2 Å². The summed E-state index contributed by atoms with van der Waals surface area (Å²) in [6, 6.07) is 16.6. The first-order valence-electron chi connectivity index (χ1n) is 10.9. The number of fused-ring (bicyclic) bond motifs is 1. The summed E-state index contributed by atoms with van der Waals surface area (Å²) in [6.45, 7) is 3.45. The zero-order valence-corrected chi connectivity index (χ0v) is 18.4. The normalized spacial score (nSPS) is 14.8. The number of rotatable bonds is 7. The largest absolute Gasteiger partial charge is 0.478 e. The van der Waals surface area contributed by atoms with E-state index in [9.17, 15) is 9.59 Å². The van der Waals surface area contributed by atoms with Gasteiger partial charge in [0, 0.05) is 35.8 Å². The molecule has 8 nitrogen and oxygen atoms in total. The fourth-order valence-electron chi connectivity index (χ4n) is 3.94. The third kappa shape index (κ3) is 7.76. The van der Waals surface area contributed by atoms with Crippen LogP contribution in [0.15, 0.2) is 65.2 Å². The van der Waals surface area contributed by atoms with E-state index in [4.69, 9.17) is 20.5 Å². The van der Waals surface area contributed by atoms with Crippen LogP contribution in [0.4, 0.5) is 5.69 Å². The van der Waals surface area contributed by atoms with Gasteiger partial charge in [0.2, 0.25) is 0 Å². The van der Waals surface area contributed by atoms with Crippen LogP contribution in [0.2, 0.25) is 0 Å². The number of nitrogen functional groups attached to an aromatic ring is 1. The summed E-state index contributed by atoms with van der Waals surface area (Å²) in [5.74, 6) is -1.73. The Balaban J connectivity index is 0.000000331. The van der Waals surface area contributed by atoms with Gasteiger partial charge in [-0.3, -0.25) is 4.90 Å². The van der Waals surface area contributed by atoms with Gasteiger partial charge in [0.1, 0.15) is 0 Å². The van der Waals surface area contributed by atoms with Crippen LogP contribution in [0.3, 0.4) is 0 Å². The van der Waals surface area contributed by atoms with Crippen molar-refractivity contribution in [1.82, 2.24) is 10.1 Å². The highest BCUT2D eigenvalue weighted by Crippen LogP contribution is 2.26. The van der Waals surface area contributed by atoms with Crippen LogP contribution in [0, 0.1) is 5.92 Å². The minimum absolute atomic E-state index is 0.558. The first-order chi connectivity index (χ1) is 15.9. The zero-order valence-electron chi connectivity index (χ0n) is 18.4. The Labute approximate surface area is 192 Å². The Morgan fingerprint density at radius 3 is 2.36 bits per heavy atom. The number of hydrogen-bond donors (Lipinski definition) is 3. The second-order valence-electron chi connectivity index (χ2n) is 8.14. The standard InChI is InChI=1S/C21H25N3O.C4H4O4/c22-18-7-8-19-20(23-25-21(19)14-18)9-6-16-10-12-24(13-11-16)15-17-4-2-1-3-5-17;5-3(6)1-2-4(7)8/h1-5,7-8,14,16H,6,9-13,15,22H2;1-2H,(H,5,6)(H,7,8)/b;2-1-. The molecule has 8 heteroatoms. The molecule has 0 spiro atoms. The lowest BCUT2D eigenvalue weighted by atomic mass is 9.91. The summed E-state index contributed by atoms with van der Waals surface area (Å²) in [7, 11) is 0. The van der Waals surface area contributed by atoms with Crippen molar-refractivity contribution in [3.05, 3.63) is 71.9 Å². The van der Waals surface area contributed by atoms with Crippen molar-refractivity contribution in [3.63, 3.8) is 0 Å². The molecular weight excluding hydrogens is 422 g/mol. The maximum atomic E-state index is 9.55. The monoisotopic (exact) mass is 451 g/mol. The highest BCUT2D eigenvalue weighted by Gasteiger charge is 2.20. The number of anilines is 1. The second-order valence-corrected chi connectivity index (χ2v) is 8.14. The Morgan fingerprint density at radius 2 is 1.73 bits per heavy atom. The highest BCUT2D eigenvalue weighted by atomic mass is 16.5. The molecule has 4 rings (SSSR count). The number of aliphatic carboxylic acids is 2. The molecule has 0 unspecified atom stereocenters. The van der Waals surface area contributed by atoms with E-state index in [1.807, 2.05) is 18.2 Å². The Bertz CT molecular complexity index is 1070. The minimum Gasteiger partial charge on any atom is -0.478 e. The third-order valence-corrected chi connectivity index (χ3v) is 5.68. The fraction of sp³-hybridized carbons (Fsp3) is 0.320. The fourth-order valence-corrected chi connectivity index (χ4v) is 3.94. The predicted molar refractivity (Wildman–Crippen MR) is 126 cm³/mol. The minimum atomic E-state index is -1.26. The molecule has 0 amide bonds. The van der Waals surface area contributed by atoms with Gasteiger partial charge in [0.15, 0.2) is 5.58 Å².